The van der Waals surface area contributed by atoms with E-state index in [0.717, 1.165) is 0 Å². The third kappa shape index (κ3) is 4.78. The fraction of sp³-hybridized carbons (Fsp3) is 0.455. The number of aliphatic carboxylic acids is 1. The highest BCUT2D eigenvalue weighted by molar-refractivity contribution is 5.96. The molecule has 8 heteroatoms. The van der Waals surface area contributed by atoms with Crippen molar-refractivity contribution in [3.63, 3.8) is 0 Å². The maximum Gasteiger partial charge on any atom is 0.326 e. The van der Waals surface area contributed by atoms with Gasteiger partial charge >= 0.3 is 11.9 Å². The van der Waals surface area contributed by atoms with E-state index in [4.69, 9.17) is 5.11 Å². The third-order valence-corrected chi connectivity index (χ3v) is 2.31. The molecule has 3 N–H and O–H groups in total. The topological polar surface area (TPSA) is 121 Å². The summed E-state index contributed by atoms with van der Waals surface area (Å²) >= 11 is 0. The highest BCUT2D eigenvalue weighted by Crippen LogP contribution is 2.02. The molecule has 19 heavy (non-hydrogen) atoms. The van der Waals surface area contributed by atoms with Crippen molar-refractivity contribution in [2.24, 2.45) is 0 Å². The zero-order valence-corrected chi connectivity index (χ0v) is 10.4. The lowest BCUT2D eigenvalue weighted by Gasteiger charge is -2.13. The number of hydrogen-bond acceptors (Lipinski definition) is 5. The van der Waals surface area contributed by atoms with Crippen molar-refractivity contribution in [2.45, 2.75) is 25.8 Å². The van der Waals surface area contributed by atoms with Crippen molar-refractivity contribution in [3.8, 4) is 0 Å². The van der Waals surface area contributed by atoms with Crippen LogP contribution in [0.2, 0.25) is 0 Å². The van der Waals surface area contributed by atoms with Crippen molar-refractivity contribution in [2.75, 3.05) is 6.61 Å². The number of aromatic nitrogens is 2. The standard InChI is InChI=1S/C11H15N3O5/c1-2-19-9(15)4-3-8(11(17)18)14-10(16)7-5-12-13-6-7/h5-6,8H,2-4H2,1H3,(H,12,13)(H,14,16)(H,17,18)/t8-/m0/s1. The van der Waals surface area contributed by atoms with E-state index in [1.807, 2.05) is 0 Å². The average molecular weight is 269 g/mol. The lowest BCUT2D eigenvalue weighted by Crippen LogP contribution is -2.41. The van der Waals surface area contributed by atoms with Gasteiger partial charge in [-0.05, 0) is 13.3 Å². The number of aromatic amines is 1. The molecule has 0 radical (unpaired) electrons. The highest BCUT2D eigenvalue weighted by Gasteiger charge is 2.22. The maximum absolute atomic E-state index is 11.6. The second-order valence-electron chi connectivity index (χ2n) is 3.69. The fourth-order valence-electron chi connectivity index (χ4n) is 1.37. The average Bonchev–Trinajstić information content (AvgIpc) is 2.88. The Morgan fingerprint density at radius 1 is 1.53 bits per heavy atom. The third-order valence-electron chi connectivity index (χ3n) is 2.31. The molecule has 0 aliphatic rings. The van der Waals surface area contributed by atoms with Crippen LogP contribution in [0.4, 0.5) is 0 Å². The first-order chi connectivity index (χ1) is 9.04. The summed E-state index contributed by atoms with van der Waals surface area (Å²) in [5.41, 5.74) is 0.224. The van der Waals surface area contributed by atoms with Gasteiger partial charge < -0.3 is 15.2 Å². The molecule has 1 atom stereocenters. The van der Waals surface area contributed by atoms with Gasteiger partial charge in [0, 0.05) is 12.6 Å². The number of carboxylic acids is 1. The van der Waals surface area contributed by atoms with Crippen LogP contribution in [0.1, 0.15) is 30.1 Å². The van der Waals surface area contributed by atoms with Gasteiger partial charge in [-0.3, -0.25) is 14.7 Å². The Balaban J connectivity index is 2.51. The van der Waals surface area contributed by atoms with Crippen molar-refractivity contribution in [1.82, 2.24) is 15.5 Å². The molecule has 0 saturated heterocycles. The second-order valence-corrected chi connectivity index (χ2v) is 3.69. The molecular formula is C11H15N3O5. The highest BCUT2D eigenvalue weighted by atomic mass is 16.5. The molecule has 0 aliphatic carbocycles. The summed E-state index contributed by atoms with van der Waals surface area (Å²) < 4.78 is 4.69. The van der Waals surface area contributed by atoms with E-state index < -0.39 is 23.9 Å². The van der Waals surface area contributed by atoms with Crippen LogP contribution in [0, 0.1) is 0 Å². The molecule has 0 spiro atoms. The zero-order chi connectivity index (χ0) is 14.3. The van der Waals surface area contributed by atoms with Gasteiger partial charge in [0.05, 0.1) is 18.4 Å². The maximum atomic E-state index is 11.6. The number of H-pyrrole nitrogens is 1. The summed E-state index contributed by atoms with van der Waals surface area (Å²) in [5.74, 6) is -2.27. The molecule has 1 amide bonds. The Morgan fingerprint density at radius 3 is 2.79 bits per heavy atom. The number of carbonyl (C=O) groups excluding carboxylic acids is 2. The SMILES string of the molecule is CCOC(=O)CC[C@H](NC(=O)c1cn[nH]c1)C(=O)O. The van der Waals surface area contributed by atoms with Gasteiger partial charge in [-0.25, -0.2) is 4.79 Å². The van der Waals surface area contributed by atoms with Crippen LogP contribution in [-0.4, -0.2) is 45.8 Å². The minimum absolute atomic E-state index is 0.0300. The van der Waals surface area contributed by atoms with E-state index >= 15 is 0 Å². The van der Waals surface area contributed by atoms with Gasteiger partial charge in [-0.2, -0.15) is 5.10 Å². The van der Waals surface area contributed by atoms with Crippen LogP contribution in [0.3, 0.4) is 0 Å². The van der Waals surface area contributed by atoms with E-state index in [1.165, 1.54) is 12.4 Å². The fourth-order valence-corrected chi connectivity index (χ4v) is 1.37. The summed E-state index contributed by atoms with van der Waals surface area (Å²) in [6.07, 6.45) is 2.52. The number of rotatable bonds is 7. The summed E-state index contributed by atoms with van der Waals surface area (Å²) in [4.78, 5) is 33.8. The van der Waals surface area contributed by atoms with Crippen LogP contribution >= 0.6 is 0 Å². The summed E-state index contributed by atoms with van der Waals surface area (Å²) in [5, 5.41) is 17.3. The predicted molar refractivity (Wildman–Crippen MR) is 63.3 cm³/mol. The van der Waals surface area contributed by atoms with Crippen LogP contribution in [-0.2, 0) is 14.3 Å². The summed E-state index contributed by atoms with van der Waals surface area (Å²) in [6, 6.07) is -1.15. The van der Waals surface area contributed by atoms with E-state index in [1.54, 1.807) is 6.92 Å². The first-order valence-electron chi connectivity index (χ1n) is 5.72. The van der Waals surface area contributed by atoms with Crippen molar-refractivity contribution < 1.29 is 24.2 Å². The van der Waals surface area contributed by atoms with Crippen LogP contribution < -0.4 is 5.32 Å². The van der Waals surface area contributed by atoms with E-state index in [-0.39, 0.29) is 25.0 Å². The Labute approximate surface area is 109 Å². The predicted octanol–water partition coefficient (Wildman–Crippen LogP) is -0.0640. The van der Waals surface area contributed by atoms with Crippen molar-refractivity contribution in [3.05, 3.63) is 18.0 Å². The number of esters is 1. The number of nitrogens with zero attached hydrogens (tertiary/aromatic N) is 1. The van der Waals surface area contributed by atoms with Crippen LogP contribution in [0.5, 0.6) is 0 Å². The Bertz CT molecular complexity index is 443. The Morgan fingerprint density at radius 2 is 2.26 bits per heavy atom. The molecule has 1 aromatic rings. The number of hydrogen-bond donors (Lipinski definition) is 3. The number of carboxylic acid groups (broad SMARTS) is 1. The van der Waals surface area contributed by atoms with Gasteiger partial charge in [0.15, 0.2) is 0 Å². The number of amides is 1. The second kappa shape index (κ2) is 7.14. The molecule has 0 fully saturated rings. The lowest BCUT2D eigenvalue weighted by molar-refractivity contribution is -0.144. The largest absolute Gasteiger partial charge is 0.480 e. The molecule has 104 valence electrons. The molecule has 0 aromatic carbocycles. The van der Waals surface area contributed by atoms with Gasteiger partial charge in [0.25, 0.3) is 5.91 Å². The molecule has 1 aromatic heterocycles. The number of nitrogens with one attached hydrogen (secondary N) is 2. The molecule has 8 nitrogen and oxygen atoms in total. The first kappa shape index (κ1) is 14.7. The molecule has 0 bridgehead atoms. The van der Waals surface area contributed by atoms with E-state index in [0.29, 0.717) is 0 Å². The first-order valence-corrected chi connectivity index (χ1v) is 5.72. The van der Waals surface area contributed by atoms with Crippen molar-refractivity contribution >= 4 is 17.8 Å². The van der Waals surface area contributed by atoms with Gasteiger partial charge in [-0.15, -0.1) is 0 Å². The van der Waals surface area contributed by atoms with Gasteiger partial charge in [0.2, 0.25) is 0 Å². The Kier molecular flexibility index (Phi) is 5.52. The quantitative estimate of drug-likeness (QED) is 0.596. The molecular weight excluding hydrogens is 254 g/mol. The molecule has 0 saturated carbocycles. The smallest absolute Gasteiger partial charge is 0.326 e. The molecule has 1 heterocycles. The molecule has 0 aliphatic heterocycles. The summed E-state index contributed by atoms with van der Waals surface area (Å²) in [7, 11) is 0. The summed E-state index contributed by atoms with van der Waals surface area (Å²) in [6.45, 7) is 1.89. The van der Waals surface area contributed by atoms with Crippen molar-refractivity contribution in [1.29, 1.82) is 0 Å². The van der Waals surface area contributed by atoms with Gasteiger partial charge in [-0.1, -0.05) is 0 Å². The lowest BCUT2D eigenvalue weighted by atomic mass is 10.1. The number of ether oxygens (including phenoxy) is 1. The Hall–Kier alpha value is -2.38. The zero-order valence-electron chi connectivity index (χ0n) is 10.4. The van der Waals surface area contributed by atoms with Crippen LogP contribution in [0.25, 0.3) is 0 Å². The minimum Gasteiger partial charge on any atom is -0.480 e. The number of carbonyl (C=O) groups is 3. The van der Waals surface area contributed by atoms with Crippen LogP contribution in [0.15, 0.2) is 12.4 Å². The van der Waals surface area contributed by atoms with E-state index in [9.17, 15) is 14.4 Å². The van der Waals surface area contributed by atoms with Gasteiger partial charge in [0.1, 0.15) is 6.04 Å². The molecule has 1 rings (SSSR count). The molecule has 0 unspecified atom stereocenters. The normalized spacial score (nSPS) is 11.6. The minimum atomic E-state index is -1.21. The monoisotopic (exact) mass is 269 g/mol. The van der Waals surface area contributed by atoms with E-state index in [2.05, 4.69) is 20.3 Å².